The highest BCUT2D eigenvalue weighted by Crippen LogP contribution is 2.29. The molecule has 0 aliphatic rings. The van der Waals surface area contributed by atoms with E-state index in [-0.39, 0.29) is 10.7 Å². The van der Waals surface area contributed by atoms with Gasteiger partial charge in [-0.2, -0.15) is 4.39 Å². The lowest BCUT2D eigenvalue weighted by atomic mass is 10.2. The molecule has 74 valence electrons. The molecule has 0 aliphatic carbocycles. The third-order valence-electron chi connectivity index (χ3n) is 1.45. The van der Waals surface area contributed by atoms with Gasteiger partial charge in [0.15, 0.2) is 0 Å². The summed E-state index contributed by atoms with van der Waals surface area (Å²) in [4.78, 5) is 19.4. The number of nitro benzene ring substituents is 1. The predicted octanol–water partition coefficient (Wildman–Crippen LogP) is 1.96. The van der Waals surface area contributed by atoms with Crippen molar-refractivity contribution in [3.63, 3.8) is 0 Å². The van der Waals surface area contributed by atoms with Crippen molar-refractivity contribution in [2.24, 2.45) is 0 Å². The number of nitrogens with zero attached hydrogens (tertiary/aromatic N) is 1. The van der Waals surface area contributed by atoms with Crippen LogP contribution in [-0.2, 0) is 4.79 Å². The zero-order valence-corrected chi connectivity index (χ0v) is 7.42. The van der Waals surface area contributed by atoms with Gasteiger partial charge < -0.3 is 5.32 Å². The van der Waals surface area contributed by atoms with E-state index in [0.29, 0.717) is 6.41 Å². The van der Waals surface area contributed by atoms with E-state index < -0.39 is 16.4 Å². The summed E-state index contributed by atoms with van der Waals surface area (Å²) in [5, 5.41) is 12.3. The number of amides is 1. The van der Waals surface area contributed by atoms with Crippen molar-refractivity contribution in [3.8, 4) is 0 Å². The lowest BCUT2D eigenvalue weighted by molar-refractivity contribution is -0.387. The van der Waals surface area contributed by atoms with Crippen LogP contribution in [0.3, 0.4) is 0 Å². The van der Waals surface area contributed by atoms with Crippen molar-refractivity contribution < 1.29 is 14.1 Å². The third-order valence-corrected chi connectivity index (χ3v) is 1.76. The number of nitro groups is 1. The highest BCUT2D eigenvalue weighted by Gasteiger charge is 2.16. The van der Waals surface area contributed by atoms with E-state index in [0.717, 1.165) is 12.1 Å². The lowest BCUT2D eigenvalue weighted by Gasteiger charge is -2.02. The Morgan fingerprint density at radius 3 is 2.71 bits per heavy atom. The minimum Gasteiger partial charge on any atom is -0.327 e. The van der Waals surface area contributed by atoms with E-state index in [1.165, 1.54) is 0 Å². The van der Waals surface area contributed by atoms with E-state index in [4.69, 9.17) is 11.6 Å². The van der Waals surface area contributed by atoms with Crippen molar-refractivity contribution in [2.75, 3.05) is 5.32 Å². The van der Waals surface area contributed by atoms with Crippen molar-refractivity contribution in [1.29, 1.82) is 0 Å². The van der Waals surface area contributed by atoms with Gasteiger partial charge in [-0.15, -0.1) is 0 Å². The standard InChI is InChI=1S/C7H4ClFN2O3/c8-4-1-7(11(13)14)5(9)2-6(4)10-3-12/h1-3H,(H,10,12). The SMILES string of the molecule is O=CNc1cc(F)c([N+](=O)[O-])cc1Cl. The molecule has 1 N–H and O–H groups in total. The molecular weight excluding hydrogens is 215 g/mol. The van der Waals surface area contributed by atoms with Crippen LogP contribution in [0.1, 0.15) is 0 Å². The zero-order valence-electron chi connectivity index (χ0n) is 6.66. The Balaban J connectivity index is 3.23. The quantitative estimate of drug-likeness (QED) is 0.479. The summed E-state index contributed by atoms with van der Waals surface area (Å²) in [5.74, 6) is -1.05. The van der Waals surface area contributed by atoms with E-state index in [2.05, 4.69) is 5.32 Å². The molecule has 7 heteroatoms. The molecule has 0 atom stereocenters. The summed E-state index contributed by atoms with van der Waals surface area (Å²) < 4.78 is 12.9. The maximum Gasteiger partial charge on any atom is 0.306 e. The van der Waals surface area contributed by atoms with Crippen molar-refractivity contribution in [3.05, 3.63) is 33.1 Å². The van der Waals surface area contributed by atoms with Gasteiger partial charge in [0.1, 0.15) is 0 Å². The minimum atomic E-state index is -1.05. The first kappa shape index (κ1) is 10.4. The summed E-state index contributed by atoms with van der Waals surface area (Å²) in [6.07, 6.45) is 0.298. The molecule has 5 nitrogen and oxygen atoms in total. The molecule has 0 bridgehead atoms. The molecule has 14 heavy (non-hydrogen) atoms. The van der Waals surface area contributed by atoms with Gasteiger partial charge in [0.25, 0.3) is 0 Å². The second kappa shape index (κ2) is 4.01. The van der Waals surface area contributed by atoms with E-state index in [9.17, 15) is 19.3 Å². The molecule has 1 amide bonds. The van der Waals surface area contributed by atoms with Gasteiger partial charge in [0.2, 0.25) is 12.2 Å². The molecule has 0 aliphatic heterocycles. The molecule has 1 aromatic carbocycles. The highest BCUT2D eigenvalue weighted by atomic mass is 35.5. The van der Waals surface area contributed by atoms with E-state index in [1.807, 2.05) is 0 Å². The third kappa shape index (κ3) is 1.97. The maximum absolute atomic E-state index is 12.9. The van der Waals surface area contributed by atoms with Crippen LogP contribution in [0.4, 0.5) is 15.8 Å². The Hall–Kier alpha value is -1.69. The molecule has 1 aromatic rings. The number of hydrogen-bond donors (Lipinski definition) is 1. The van der Waals surface area contributed by atoms with Gasteiger partial charge in [-0.1, -0.05) is 11.6 Å². The number of benzene rings is 1. The predicted molar refractivity (Wildman–Crippen MR) is 47.8 cm³/mol. The molecular formula is C7H4ClFN2O3. The topological polar surface area (TPSA) is 72.2 Å². The second-order valence-electron chi connectivity index (χ2n) is 2.30. The van der Waals surface area contributed by atoms with Gasteiger partial charge >= 0.3 is 5.69 Å². The average molecular weight is 219 g/mol. The van der Waals surface area contributed by atoms with Crippen LogP contribution in [0.15, 0.2) is 12.1 Å². The summed E-state index contributed by atoms with van der Waals surface area (Å²) >= 11 is 5.53. The van der Waals surface area contributed by atoms with E-state index >= 15 is 0 Å². The Morgan fingerprint density at radius 1 is 1.57 bits per heavy atom. The number of rotatable bonds is 3. The Labute approximate surface area is 82.6 Å². The van der Waals surface area contributed by atoms with Crippen LogP contribution in [0, 0.1) is 15.9 Å². The Kier molecular flexibility index (Phi) is 2.98. The van der Waals surface area contributed by atoms with Gasteiger partial charge in [-0.05, 0) is 0 Å². The van der Waals surface area contributed by atoms with Gasteiger partial charge in [-0.25, -0.2) is 0 Å². The summed E-state index contributed by atoms with van der Waals surface area (Å²) in [6.45, 7) is 0. The second-order valence-corrected chi connectivity index (χ2v) is 2.71. The van der Waals surface area contributed by atoms with E-state index in [1.54, 1.807) is 0 Å². The summed E-state index contributed by atoms with van der Waals surface area (Å²) in [5.41, 5.74) is -0.740. The summed E-state index contributed by atoms with van der Waals surface area (Å²) in [6, 6.07) is 1.62. The number of halogens is 2. The normalized spacial score (nSPS) is 9.57. The fourth-order valence-corrected chi connectivity index (χ4v) is 1.06. The molecule has 0 saturated heterocycles. The molecule has 0 spiro atoms. The highest BCUT2D eigenvalue weighted by molar-refractivity contribution is 6.33. The molecule has 0 aromatic heterocycles. The number of hydrogen-bond acceptors (Lipinski definition) is 3. The van der Waals surface area contributed by atoms with Crippen LogP contribution in [-0.4, -0.2) is 11.3 Å². The molecule has 1 rings (SSSR count). The van der Waals surface area contributed by atoms with Gasteiger partial charge in [-0.3, -0.25) is 14.9 Å². The maximum atomic E-state index is 12.9. The van der Waals surface area contributed by atoms with Crippen LogP contribution in [0.2, 0.25) is 5.02 Å². The molecule has 0 radical (unpaired) electrons. The van der Waals surface area contributed by atoms with Crippen molar-refractivity contribution >= 4 is 29.4 Å². The minimum absolute atomic E-state index is 0.00948. The molecule has 0 heterocycles. The van der Waals surface area contributed by atoms with Crippen molar-refractivity contribution in [1.82, 2.24) is 0 Å². The Morgan fingerprint density at radius 2 is 2.21 bits per heavy atom. The Bertz CT molecular complexity index is 397. The van der Waals surface area contributed by atoms with Crippen LogP contribution >= 0.6 is 11.6 Å². The molecule has 0 unspecified atom stereocenters. The number of nitrogens with one attached hydrogen (secondary N) is 1. The first-order valence-corrected chi connectivity index (χ1v) is 3.77. The lowest BCUT2D eigenvalue weighted by Crippen LogP contribution is -1.98. The monoisotopic (exact) mass is 218 g/mol. The van der Waals surface area contributed by atoms with Crippen molar-refractivity contribution in [2.45, 2.75) is 0 Å². The average Bonchev–Trinajstić information content (AvgIpc) is 2.10. The first-order valence-electron chi connectivity index (χ1n) is 3.40. The molecule has 0 fully saturated rings. The van der Waals surface area contributed by atoms with Crippen LogP contribution < -0.4 is 5.32 Å². The number of anilines is 1. The zero-order chi connectivity index (χ0) is 10.7. The largest absolute Gasteiger partial charge is 0.327 e. The van der Waals surface area contributed by atoms with Crippen LogP contribution in [0.25, 0.3) is 0 Å². The number of carbonyl (C=O) groups excluding carboxylic acids is 1. The smallest absolute Gasteiger partial charge is 0.306 e. The van der Waals surface area contributed by atoms with Gasteiger partial charge in [0.05, 0.1) is 15.6 Å². The first-order chi connectivity index (χ1) is 6.56. The fraction of sp³-hybridized carbons (Fsp3) is 0. The summed E-state index contributed by atoms with van der Waals surface area (Å²) in [7, 11) is 0. The van der Waals surface area contributed by atoms with Gasteiger partial charge in [0, 0.05) is 12.1 Å². The van der Waals surface area contributed by atoms with Crippen LogP contribution in [0.5, 0.6) is 0 Å². The molecule has 0 saturated carbocycles. The fourth-order valence-electron chi connectivity index (χ4n) is 0.850. The number of carbonyl (C=O) groups is 1.